The Bertz CT molecular complexity index is 955. The second-order valence-electron chi connectivity index (χ2n) is 7.71. The van der Waals surface area contributed by atoms with Crippen LogP contribution >= 0.6 is 0 Å². The van der Waals surface area contributed by atoms with Crippen LogP contribution in [0.5, 0.6) is 0 Å². The predicted octanol–water partition coefficient (Wildman–Crippen LogP) is 2.82. The van der Waals surface area contributed by atoms with E-state index in [-0.39, 0.29) is 5.91 Å². The minimum absolute atomic E-state index is 0.141. The van der Waals surface area contributed by atoms with Crippen molar-refractivity contribution in [3.05, 3.63) is 71.5 Å². The van der Waals surface area contributed by atoms with Crippen molar-refractivity contribution in [2.24, 2.45) is 5.92 Å². The van der Waals surface area contributed by atoms with Gasteiger partial charge in [0.05, 0.1) is 11.3 Å². The smallest absolute Gasteiger partial charge is 0.253 e. The molecule has 150 valence electrons. The molecule has 7 heteroatoms. The maximum Gasteiger partial charge on any atom is 0.253 e. The number of nitrogens with zero attached hydrogens (tertiary/aromatic N) is 5. The summed E-state index contributed by atoms with van der Waals surface area (Å²) in [5, 5.41) is 14.3. The highest BCUT2D eigenvalue weighted by molar-refractivity contribution is 5.97. The topological polar surface area (TPSA) is 75.9 Å². The molecule has 3 aromatic rings. The summed E-state index contributed by atoms with van der Waals surface area (Å²) in [4.78, 5) is 15.4. The first kappa shape index (κ1) is 19.3. The van der Waals surface area contributed by atoms with Gasteiger partial charge < -0.3 is 5.32 Å². The van der Waals surface area contributed by atoms with Gasteiger partial charge in [-0.1, -0.05) is 43.3 Å². The number of carbonyl (C=O) groups is 1. The molecule has 1 amide bonds. The van der Waals surface area contributed by atoms with E-state index >= 15 is 0 Å². The quantitative estimate of drug-likeness (QED) is 0.700. The molecule has 1 N–H and O–H groups in total. The average molecular weight is 390 g/mol. The molecular weight excluding hydrogens is 364 g/mol. The van der Waals surface area contributed by atoms with Crippen molar-refractivity contribution in [1.29, 1.82) is 0 Å². The summed E-state index contributed by atoms with van der Waals surface area (Å²) in [6, 6.07) is 15.7. The van der Waals surface area contributed by atoms with Crippen LogP contribution in [0.4, 0.5) is 0 Å². The maximum absolute atomic E-state index is 12.9. The molecule has 2 aromatic carbocycles. The number of para-hydroxylation sites is 1. The number of rotatable bonds is 6. The third-order valence-corrected chi connectivity index (χ3v) is 5.44. The van der Waals surface area contributed by atoms with E-state index in [1.54, 1.807) is 6.07 Å². The molecule has 1 unspecified atom stereocenters. The minimum Gasteiger partial charge on any atom is -0.348 e. The molecule has 0 saturated carbocycles. The summed E-state index contributed by atoms with van der Waals surface area (Å²) >= 11 is 0. The second kappa shape index (κ2) is 8.96. The molecule has 1 aliphatic rings. The highest BCUT2D eigenvalue weighted by Gasteiger charge is 2.18. The Morgan fingerprint density at radius 2 is 1.93 bits per heavy atom. The van der Waals surface area contributed by atoms with Gasteiger partial charge in [-0.05, 0) is 59.0 Å². The van der Waals surface area contributed by atoms with E-state index in [4.69, 9.17) is 0 Å². The third-order valence-electron chi connectivity index (χ3n) is 5.44. The van der Waals surface area contributed by atoms with Gasteiger partial charge >= 0.3 is 0 Å². The fraction of sp³-hybridized carbons (Fsp3) is 0.364. The van der Waals surface area contributed by atoms with Gasteiger partial charge in [-0.25, -0.2) is 0 Å². The van der Waals surface area contributed by atoms with Crippen LogP contribution in [0.3, 0.4) is 0 Å². The normalized spacial score (nSPS) is 17.2. The number of carbonyl (C=O) groups excluding carboxylic acids is 1. The second-order valence-corrected chi connectivity index (χ2v) is 7.71. The van der Waals surface area contributed by atoms with Crippen LogP contribution in [-0.4, -0.2) is 44.1 Å². The number of likely N-dealkylation sites (tertiary alicyclic amines) is 1. The van der Waals surface area contributed by atoms with E-state index < -0.39 is 0 Å². The lowest BCUT2D eigenvalue weighted by Crippen LogP contribution is -2.34. The van der Waals surface area contributed by atoms with Gasteiger partial charge in [-0.2, -0.15) is 4.68 Å². The molecule has 4 rings (SSSR count). The van der Waals surface area contributed by atoms with E-state index in [1.165, 1.54) is 29.4 Å². The van der Waals surface area contributed by atoms with Gasteiger partial charge in [0.2, 0.25) is 0 Å². The van der Waals surface area contributed by atoms with Crippen molar-refractivity contribution >= 4 is 5.91 Å². The standard InChI is InChI=1S/C22H26N6O/c1-17-7-6-12-27(14-17)15-19-9-3-2-8-18(19)13-23-22(29)20-10-4-5-11-21(20)28-16-24-25-26-28/h2-5,8-11,16-17H,6-7,12-15H2,1H3,(H,23,29). The SMILES string of the molecule is CC1CCCN(Cc2ccccc2CNC(=O)c2ccccc2-n2cnnn2)C1. The molecule has 0 bridgehead atoms. The maximum atomic E-state index is 12.9. The number of benzene rings is 2. The molecular formula is C22H26N6O. The highest BCUT2D eigenvalue weighted by atomic mass is 16.1. The van der Waals surface area contributed by atoms with Crippen LogP contribution in [0.25, 0.3) is 5.69 Å². The highest BCUT2D eigenvalue weighted by Crippen LogP contribution is 2.20. The zero-order valence-electron chi connectivity index (χ0n) is 16.7. The van der Waals surface area contributed by atoms with Crippen molar-refractivity contribution in [3.63, 3.8) is 0 Å². The molecule has 1 aliphatic heterocycles. The first-order chi connectivity index (χ1) is 14.2. The van der Waals surface area contributed by atoms with Gasteiger partial charge in [-0.3, -0.25) is 9.69 Å². The summed E-state index contributed by atoms with van der Waals surface area (Å²) in [7, 11) is 0. The first-order valence-corrected chi connectivity index (χ1v) is 10.1. The third kappa shape index (κ3) is 4.68. The summed E-state index contributed by atoms with van der Waals surface area (Å²) < 4.78 is 1.50. The Hall–Kier alpha value is -3.06. The minimum atomic E-state index is -0.141. The van der Waals surface area contributed by atoms with Crippen molar-refractivity contribution in [2.45, 2.75) is 32.9 Å². The number of piperidine rings is 1. The van der Waals surface area contributed by atoms with E-state index in [9.17, 15) is 4.79 Å². The van der Waals surface area contributed by atoms with Crippen LogP contribution < -0.4 is 5.32 Å². The van der Waals surface area contributed by atoms with E-state index in [1.807, 2.05) is 24.3 Å². The number of nitrogens with one attached hydrogen (secondary N) is 1. The number of amides is 1. The zero-order chi connectivity index (χ0) is 20.1. The first-order valence-electron chi connectivity index (χ1n) is 10.1. The van der Waals surface area contributed by atoms with Gasteiger partial charge in [0.25, 0.3) is 5.91 Å². The van der Waals surface area contributed by atoms with Crippen LogP contribution in [0.1, 0.15) is 41.3 Å². The molecule has 29 heavy (non-hydrogen) atoms. The molecule has 0 radical (unpaired) electrons. The molecule has 0 spiro atoms. The summed E-state index contributed by atoms with van der Waals surface area (Å²) in [6.45, 7) is 6.02. The molecule has 2 heterocycles. The molecule has 1 atom stereocenters. The fourth-order valence-corrected chi connectivity index (χ4v) is 3.96. The fourth-order valence-electron chi connectivity index (χ4n) is 3.96. The summed E-state index contributed by atoms with van der Waals surface area (Å²) in [6.07, 6.45) is 4.06. The van der Waals surface area contributed by atoms with Crippen molar-refractivity contribution in [1.82, 2.24) is 30.4 Å². The van der Waals surface area contributed by atoms with E-state index in [2.05, 4.69) is 50.9 Å². The van der Waals surface area contributed by atoms with Gasteiger partial charge in [0.15, 0.2) is 0 Å². The number of tetrazole rings is 1. The van der Waals surface area contributed by atoms with Crippen LogP contribution in [0.15, 0.2) is 54.9 Å². The van der Waals surface area contributed by atoms with Crippen molar-refractivity contribution < 1.29 is 4.79 Å². The van der Waals surface area contributed by atoms with Crippen LogP contribution in [0.2, 0.25) is 0 Å². The monoisotopic (exact) mass is 390 g/mol. The van der Waals surface area contributed by atoms with Crippen LogP contribution in [0, 0.1) is 5.92 Å². The number of hydrogen-bond acceptors (Lipinski definition) is 5. The Morgan fingerprint density at radius 1 is 1.14 bits per heavy atom. The molecule has 1 saturated heterocycles. The average Bonchev–Trinajstić information content (AvgIpc) is 3.28. The lowest BCUT2D eigenvalue weighted by Gasteiger charge is -2.31. The molecule has 1 fully saturated rings. The Morgan fingerprint density at radius 3 is 2.72 bits per heavy atom. The largest absolute Gasteiger partial charge is 0.348 e. The zero-order valence-corrected chi connectivity index (χ0v) is 16.7. The van der Waals surface area contributed by atoms with Gasteiger partial charge in [0, 0.05) is 19.6 Å². The van der Waals surface area contributed by atoms with Crippen LogP contribution in [-0.2, 0) is 13.1 Å². The Kier molecular flexibility index (Phi) is 5.95. The lowest BCUT2D eigenvalue weighted by atomic mass is 9.99. The Balaban J connectivity index is 1.46. The van der Waals surface area contributed by atoms with Crippen molar-refractivity contribution in [3.8, 4) is 5.69 Å². The van der Waals surface area contributed by atoms with Gasteiger partial charge in [-0.15, -0.1) is 5.10 Å². The van der Waals surface area contributed by atoms with Crippen molar-refractivity contribution in [2.75, 3.05) is 13.1 Å². The number of hydrogen-bond donors (Lipinski definition) is 1. The predicted molar refractivity (Wildman–Crippen MR) is 110 cm³/mol. The molecule has 1 aromatic heterocycles. The Labute approximate surface area is 170 Å². The molecule has 7 nitrogen and oxygen atoms in total. The summed E-state index contributed by atoms with van der Waals surface area (Å²) in [5.74, 6) is 0.607. The lowest BCUT2D eigenvalue weighted by molar-refractivity contribution is 0.0950. The number of aromatic nitrogens is 4. The molecule has 0 aliphatic carbocycles. The van der Waals surface area contributed by atoms with Gasteiger partial charge in [0.1, 0.15) is 6.33 Å². The van der Waals surface area contributed by atoms with E-state index in [0.29, 0.717) is 17.8 Å². The van der Waals surface area contributed by atoms with E-state index in [0.717, 1.165) is 31.1 Å². The summed E-state index contributed by atoms with van der Waals surface area (Å²) in [5.41, 5.74) is 3.63.